The van der Waals surface area contributed by atoms with Gasteiger partial charge in [-0.1, -0.05) is 6.92 Å². The number of nitrogens with one attached hydrogen (secondary N) is 1. The number of methoxy groups -OCH3 is 1. The fraction of sp³-hybridized carbons (Fsp3) is 0.500. The van der Waals surface area contributed by atoms with E-state index in [-0.39, 0.29) is 23.1 Å². The Morgan fingerprint density at radius 3 is 2.95 bits per heavy atom. The van der Waals surface area contributed by atoms with Gasteiger partial charge in [-0.2, -0.15) is 0 Å². The first-order chi connectivity index (χ1) is 10.5. The van der Waals surface area contributed by atoms with Gasteiger partial charge >= 0.3 is 6.16 Å². The van der Waals surface area contributed by atoms with Crippen molar-refractivity contribution in [1.82, 2.24) is 4.68 Å². The predicted molar refractivity (Wildman–Crippen MR) is 76.6 cm³/mol. The van der Waals surface area contributed by atoms with Crippen LogP contribution in [-0.2, 0) is 9.47 Å². The first kappa shape index (κ1) is 15.9. The summed E-state index contributed by atoms with van der Waals surface area (Å²) in [4.78, 5) is 35.3. The van der Waals surface area contributed by atoms with Gasteiger partial charge in [0, 0.05) is 25.2 Å². The Hall–Kier alpha value is -2.51. The van der Waals surface area contributed by atoms with Crippen molar-refractivity contribution >= 4 is 11.9 Å². The van der Waals surface area contributed by atoms with Crippen LogP contribution < -0.4 is 15.6 Å². The molecule has 1 N–H and O–H groups in total. The summed E-state index contributed by atoms with van der Waals surface area (Å²) in [6, 6.07) is 1.28. The summed E-state index contributed by atoms with van der Waals surface area (Å²) in [6.07, 6.45) is 1.72. The zero-order valence-electron chi connectivity index (χ0n) is 12.5. The van der Waals surface area contributed by atoms with Gasteiger partial charge in [-0.25, -0.2) is 4.79 Å². The van der Waals surface area contributed by atoms with E-state index < -0.39 is 18.4 Å². The fourth-order valence-electron chi connectivity index (χ4n) is 2.19. The Bertz CT molecular complexity index is 624. The van der Waals surface area contributed by atoms with Gasteiger partial charge in [-0.05, 0) is 12.3 Å². The van der Waals surface area contributed by atoms with E-state index in [1.165, 1.54) is 16.9 Å². The standard InChI is InChI=1S/C14H18N2O6/c1-9-3-5-15-16-6-4-10(17)13(12(16)11(18)7-9)21-8-22-14(19)20-2/h4,6,9,15H,3,5,7-8H2,1-2H3/t9-/m1/s1. The Labute approximate surface area is 126 Å². The number of pyridine rings is 1. The smallest absolute Gasteiger partial charge is 0.451 e. The molecule has 0 amide bonds. The summed E-state index contributed by atoms with van der Waals surface area (Å²) >= 11 is 0. The molecule has 1 aromatic rings. The first-order valence-electron chi connectivity index (χ1n) is 6.89. The summed E-state index contributed by atoms with van der Waals surface area (Å²) < 4.78 is 15.6. The molecular weight excluding hydrogens is 292 g/mol. The lowest BCUT2D eigenvalue weighted by molar-refractivity contribution is 0.0140. The van der Waals surface area contributed by atoms with Gasteiger partial charge in [0.2, 0.25) is 12.2 Å². The van der Waals surface area contributed by atoms with Crippen LogP contribution in [0.3, 0.4) is 0 Å². The van der Waals surface area contributed by atoms with Crippen molar-refractivity contribution in [2.24, 2.45) is 5.92 Å². The van der Waals surface area contributed by atoms with Gasteiger partial charge < -0.3 is 19.6 Å². The molecule has 1 atom stereocenters. The Morgan fingerprint density at radius 1 is 1.45 bits per heavy atom. The number of hydrogen-bond acceptors (Lipinski definition) is 7. The normalized spacial score (nSPS) is 17.5. The molecule has 0 bridgehead atoms. The molecule has 1 aliphatic rings. The molecule has 0 aliphatic carbocycles. The largest absolute Gasteiger partial charge is 0.510 e. The van der Waals surface area contributed by atoms with E-state index in [4.69, 9.17) is 4.74 Å². The zero-order chi connectivity index (χ0) is 16.1. The fourth-order valence-corrected chi connectivity index (χ4v) is 2.19. The van der Waals surface area contributed by atoms with Crippen LogP contribution in [0.1, 0.15) is 30.3 Å². The first-order valence-corrected chi connectivity index (χ1v) is 6.89. The average molecular weight is 310 g/mol. The molecule has 1 aliphatic heterocycles. The third-order valence-corrected chi connectivity index (χ3v) is 3.32. The molecule has 0 unspecified atom stereocenters. The number of carbonyl (C=O) groups is 2. The predicted octanol–water partition coefficient (Wildman–Crippen LogP) is 1.12. The average Bonchev–Trinajstić information content (AvgIpc) is 2.48. The highest BCUT2D eigenvalue weighted by molar-refractivity contribution is 5.97. The van der Waals surface area contributed by atoms with Gasteiger partial charge in [-0.3, -0.25) is 14.3 Å². The lowest BCUT2D eigenvalue weighted by Crippen LogP contribution is -2.31. The van der Waals surface area contributed by atoms with E-state index in [1.54, 1.807) is 0 Å². The van der Waals surface area contributed by atoms with Crippen LogP contribution in [0.2, 0.25) is 0 Å². The number of aromatic nitrogens is 1. The van der Waals surface area contributed by atoms with Crippen LogP contribution >= 0.6 is 0 Å². The van der Waals surface area contributed by atoms with Crippen molar-refractivity contribution in [2.75, 3.05) is 25.9 Å². The molecular formula is C14H18N2O6. The molecule has 1 aromatic heterocycles. The summed E-state index contributed by atoms with van der Waals surface area (Å²) in [7, 11) is 1.16. The van der Waals surface area contributed by atoms with E-state index in [2.05, 4.69) is 14.9 Å². The van der Waals surface area contributed by atoms with Crippen LogP contribution in [0, 0.1) is 5.92 Å². The second kappa shape index (κ2) is 6.97. The Balaban J connectivity index is 2.29. The topological polar surface area (TPSA) is 95.9 Å². The SMILES string of the molecule is COC(=O)OCOc1c2n(ccc1=O)NCC[C@@H](C)CC2=O. The Morgan fingerprint density at radius 2 is 2.23 bits per heavy atom. The monoisotopic (exact) mass is 310 g/mol. The van der Waals surface area contributed by atoms with Crippen LogP contribution in [0.15, 0.2) is 17.1 Å². The van der Waals surface area contributed by atoms with Crippen molar-refractivity contribution in [1.29, 1.82) is 0 Å². The minimum atomic E-state index is -0.933. The molecule has 0 radical (unpaired) electrons. The lowest BCUT2D eigenvalue weighted by atomic mass is 9.98. The maximum absolute atomic E-state index is 12.4. The molecule has 8 heteroatoms. The molecule has 22 heavy (non-hydrogen) atoms. The van der Waals surface area contributed by atoms with E-state index in [0.29, 0.717) is 13.0 Å². The highest BCUT2D eigenvalue weighted by Crippen LogP contribution is 2.20. The van der Waals surface area contributed by atoms with Gasteiger partial charge in [0.05, 0.1) is 7.11 Å². The molecule has 0 fully saturated rings. The van der Waals surface area contributed by atoms with Crippen molar-refractivity contribution < 1.29 is 23.8 Å². The quantitative estimate of drug-likeness (QED) is 0.660. The number of rotatable bonds is 3. The summed E-state index contributed by atoms with van der Waals surface area (Å²) in [5, 5.41) is 0. The number of Topliss-reactive ketones (excluding diaryl/α,β-unsaturated/α-hetero) is 1. The summed E-state index contributed by atoms with van der Waals surface area (Å²) in [5.41, 5.74) is 2.72. The van der Waals surface area contributed by atoms with Gasteiger partial charge in [0.25, 0.3) is 0 Å². The van der Waals surface area contributed by atoms with Crippen LogP contribution in [0.25, 0.3) is 0 Å². The summed E-state index contributed by atoms with van der Waals surface area (Å²) in [5.74, 6) is -0.147. The van der Waals surface area contributed by atoms with Crippen molar-refractivity contribution in [3.05, 3.63) is 28.2 Å². The molecule has 120 valence electrons. The van der Waals surface area contributed by atoms with E-state index in [0.717, 1.165) is 13.5 Å². The molecule has 2 heterocycles. The molecule has 8 nitrogen and oxygen atoms in total. The van der Waals surface area contributed by atoms with Crippen LogP contribution in [-0.4, -0.2) is 37.1 Å². The van der Waals surface area contributed by atoms with Crippen molar-refractivity contribution in [2.45, 2.75) is 19.8 Å². The molecule has 0 spiro atoms. The number of ether oxygens (including phenoxy) is 3. The highest BCUT2D eigenvalue weighted by atomic mass is 16.8. The van der Waals surface area contributed by atoms with Crippen molar-refractivity contribution in [3.63, 3.8) is 0 Å². The van der Waals surface area contributed by atoms with E-state index >= 15 is 0 Å². The molecule has 0 saturated carbocycles. The molecule has 0 saturated heterocycles. The van der Waals surface area contributed by atoms with Gasteiger partial charge in [-0.15, -0.1) is 0 Å². The third kappa shape index (κ3) is 3.57. The number of fused-ring (bicyclic) bond motifs is 1. The van der Waals surface area contributed by atoms with Gasteiger partial charge in [0.15, 0.2) is 17.2 Å². The van der Waals surface area contributed by atoms with Crippen LogP contribution in [0.5, 0.6) is 5.75 Å². The number of carbonyl (C=O) groups excluding carboxylic acids is 2. The second-order valence-electron chi connectivity index (χ2n) is 5.02. The summed E-state index contributed by atoms with van der Waals surface area (Å²) in [6.45, 7) is 2.13. The number of hydrogen-bond donors (Lipinski definition) is 1. The maximum Gasteiger partial charge on any atom is 0.510 e. The zero-order valence-corrected chi connectivity index (χ0v) is 12.5. The number of ketones is 1. The second-order valence-corrected chi connectivity index (χ2v) is 5.02. The minimum Gasteiger partial charge on any atom is -0.451 e. The highest BCUT2D eigenvalue weighted by Gasteiger charge is 2.24. The van der Waals surface area contributed by atoms with E-state index in [1.807, 2.05) is 6.92 Å². The maximum atomic E-state index is 12.4. The van der Waals surface area contributed by atoms with Crippen LogP contribution in [0.4, 0.5) is 4.79 Å². The lowest BCUT2D eigenvalue weighted by Gasteiger charge is -2.22. The number of nitrogens with zero attached hydrogens (tertiary/aromatic N) is 1. The molecule has 0 aromatic carbocycles. The van der Waals surface area contributed by atoms with E-state index in [9.17, 15) is 14.4 Å². The third-order valence-electron chi connectivity index (χ3n) is 3.32. The van der Waals surface area contributed by atoms with Crippen molar-refractivity contribution in [3.8, 4) is 5.75 Å². The minimum absolute atomic E-state index is 0.132. The Kier molecular flexibility index (Phi) is 5.03. The molecule has 2 rings (SSSR count). The van der Waals surface area contributed by atoms with Gasteiger partial charge in [0.1, 0.15) is 0 Å².